The molecule has 0 spiro atoms. The number of sulfone groups is 1. The molecule has 11 heteroatoms. The summed E-state index contributed by atoms with van der Waals surface area (Å²) in [4.78, 5) is 12.8. The molecule has 0 radical (unpaired) electrons. The second-order valence-corrected chi connectivity index (χ2v) is 7.57. The van der Waals surface area contributed by atoms with Gasteiger partial charge in [-0.25, -0.2) is 31.6 Å². The molecule has 1 aromatic carbocycles. The first-order valence-electron chi connectivity index (χ1n) is 7.01. The van der Waals surface area contributed by atoms with Gasteiger partial charge in [-0.2, -0.15) is 4.98 Å². The normalized spacial score (nSPS) is 15.0. The molecule has 3 rings (SSSR count). The molecule has 2 heterocycles. The van der Waals surface area contributed by atoms with Gasteiger partial charge >= 0.3 is 0 Å². The zero-order valence-electron chi connectivity index (χ0n) is 12.8. The van der Waals surface area contributed by atoms with Crippen molar-refractivity contribution in [3.63, 3.8) is 0 Å². The predicted molar refractivity (Wildman–Crippen MR) is 83.4 cm³/mol. The van der Waals surface area contributed by atoms with Crippen molar-refractivity contribution >= 4 is 27.3 Å². The van der Waals surface area contributed by atoms with Crippen molar-refractivity contribution in [1.82, 2.24) is 9.97 Å². The maximum Gasteiger partial charge on any atom is 0.250 e. The van der Waals surface area contributed by atoms with E-state index >= 15 is 0 Å². The number of benzene rings is 1. The van der Waals surface area contributed by atoms with Crippen molar-refractivity contribution in [1.29, 1.82) is 0 Å². The van der Waals surface area contributed by atoms with E-state index in [2.05, 4.69) is 9.97 Å². The van der Waals surface area contributed by atoms with E-state index in [0.29, 0.717) is 31.7 Å². The van der Waals surface area contributed by atoms with E-state index in [9.17, 15) is 21.6 Å². The number of nitrogens with zero attached hydrogens (tertiary/aromatic N) is 3. The van der Waals surface area contributed by atoms with Gasteiger partial charge in [0.2, 0.25) is 15.0 Å². The molecule has 0 aliphatic carbocycles. The van der Waals surface area contributed by atoms with Gasteiger partial charge in [0.05, 0.1) is 17.7 Å². The first kappa shape index (κ1) is 17.9. The Morgan fingerprint density at radius 2 is 1.80 bits per heavy atom. The van der Waals surface area contributed by atoms with Crippen molar-refractivity contribution in [3.8, 4) is 11.1 Å². The first-order chi connectivity index (χ1) is 11.7. The minimum atomic E-state index is -3.84. The fourth-order valence-corrected chi connectivity index (χ4v) is 3.18. The van der Waals surface area contributed by atoms with E-state index in [1.165, 1.54) is 5.06 Å². The summed E-state index contributed by atoms with van der Waals surface area (Å²) < 4.78 is 65.1. The molecule has 6 nitrogen and oxygen atoms in total. The number of anilines is 1. The Morgan fingerprint density at radius 3 is 2.32 bits per heavy atom. The molecule has 0 unspecified atom stereocenters. The van der Waals surface area contributed by atoms with Gasteiger partial charge in [0, 0.05) is 24.9 Å². The summed E-state index contributed by atoms with van der Waals surface area (Å²) in [6.07, 6.45) is 1.45. The Labute approximate surface area is 146 Å². The molecule has 1 aliphatic rings. The fraction of sp³-hybridized carbons (Fsp3) is 0.286. The van der Waals surface area contributed by atoms with E-state index in [1.807, 2.05) is 0 Å². The monoisotopic (exact) mass is 393 g/mol. The lowest BCUT2D eigenvalue weighted by molar-refractivity contribution is 0.166. The van der Waals surface area contributed by atoms with Gasteiger partial charge in [-0.1, -0.05) is 11.6 Å². The van der Waals surface area contributed by atoms with Crippen molar-refractivity contribution in [2.75, 3.05) is 24.5 Å². The van der Waals surface area contributed by atoms with Crippen LogP contribution in [0.15, 0.2) is 17.3 Å². The summed E-state index contributed by atoms with van der Waals surface area (Å²) in [6.45, 7) is 0.609. The number of hydroxylamine groups is 1. The average molecular weight is 394 g/mol. The maximum absolute atomic E-state index is 14.2. The van der Waals surface area contributed by atoms with Crippen LogP contribution in [0.25, 0.3) is 11.1 Å². The van der Waals surface area contributed by atoms with Crippen LogP contribution in [0.3, 0.4) is 0 Å². The van der Waals surface area contributed by atoms with Gasteiger partial charge in [-0.15, -0.1) is 0 Å². The molecule has 1 fully saturated rings. The Bertz CT molecular complexity index is 927. The number of halogens is 4. The molecule has 2 aromatic rings. The van der Waals surface area contributed by atoms with Crippen molar-refractivity contribution in [2.24, 2.45) is 0 Å². The Balaban J connectivity index is 2.33. The second-order valence-electron chi connectivity index (χ2n) is 5.30. The molecule has 1 saturated heterocycles. The smallest absolute Gasteiger partial charge is 0.250 e. The number of aromatic nitrogens is 2. The second kappa shape index (κ2) is 6.43. The van der Waals surface area contributed by atoms with E-state index in [0.717, 1.165) is 6.26 Å². The highest BCUT2D eigenvalue weighted by molar-refractivity contribution is 7.90. The Kier molecular flexibility index (Phi) is 4.60. The van der Waals surface area contributed by atoms with Crippen LogP contribution >= 0.6 is 11.6 Å². The third kappa shape index (κ3) is 3.42. The van der Waals surface area contributed by atoms with Crippen LogP contribution in [0.1, 0.15) is 6.42 Å². The van der Waals surface area contributed by atoms with E-state index in [-0.39, 0.29) is 11.4 Å². The minimum Gasteiger partial charge on any atom is -0.272 e. The fourth-order valence-electron chi connectivity index (χ4n) is 2.36. The molecule has 0 N–H and O–H groups in total. The third-order valence-electron chi connectivity index (χ3n) is 3.40. The van der Waals surface area contributed by atoms with Crippen LogP contribution < -0.4 is 5.06 Å². The van der Waals surface area contributed by atoms with Gasteiger partial charge in [0.25, 0.3) is 0 Å². The molecule has 134 valence electrons. The molecule has 0 amide bonds. The maximum atomic E-state index is 14.2. The first-order valence-corrected chi connectivity index (χ1v) is 9.28. The summed E-state index contributed by atoms with van der Waals surface area (Å²) in [5.41, 5.74) is -0.983. The Morgan fingerprint density at radius 1 is 1.16 bits per heavy atom. The average Bonchev–Trinajstić information content (AvgIpc) is 3.00. The number of hydrogen-bond acceptors (Lipinski definition) is 6. The molecule has 1 aromatic heterocycles. The number of hydrogen-bond donors (Lipinski definition) is 0. The zero-order valence-corrected chi connectivity index (χ0v) is 14.3. The van der Waals surface area contributed by atoms with Gasteiger partial charge < -0.3 is 0 Å². The number of rotatable bonds is 3. The zero-order chi connectivity index (χ0) is 18.4. The highest BCUT2D eigenvalue weighted by atomic mass is 35.5. The lowest BCUT2D eigenvalue weighted by Gasteiger charge is -2.20. The molecule has 0 saturated carbocycles. The minimum absolute atomic E-state index is 0.206. The summed E-state index contributed by atoms with van der Waals surface area (Å²) in [5.74, 6) is -3.77. The van der Waals surface area contributed by atoms with Gasteiger partial charge in [-0.3, -0.25) is 4.84 Å². The lowest BCUT2D eigenvalue weighted by atomic mass is 10.1. The largest absolute Gasteiger partial charge is 0.272 e. The van der Waals surface area contributed by atoms with Crippen LogP contribution in [0.2, 0.25) is 5.15 Å². The molecular formula is C14H11ClF3N3O3S. The summed E-state index contributed by atoms with van der Waals surface area (Å²) >= 11 is 6.01. The Hall–Kier alpha value is -1.91. The standard InChI is InChI=1S/C14H11ClF3N3O3S/c1-25(22,23)14-19-12(15)11(13(20-14)21-3-2-4-24-21)10-8(17)5-7(16)6-9(10)18/h5-6H,2-4H2,1H3. The topological polar surface area (TPSA) is 72.4 Å². The quantitative estimate of drug-likeness (QED) is 0.590. The van der Waals surface area contributed by atoms with Crippen LogP contribution in [0.5, 0.6) is 0 Å². The van der Waals surface area contributed by atoms with Crippen molar-refractivity contribution in [3.05, 3.63) is 34.7 Å². The predicted octanol–water partition coefficient (Wildman–Crippen LogP) is 2.76. The van der Waals surface area contributed by atoms with Gasteiger partial charge in [0.1, 0.15) is 22.6 Å². The third-order valence-corrected chi connectivity index (χ3v) is 4.52. The summed E-state index contributed by atoms with van der Waals surface area (Å²) in [7, 11) is -3.84. The van der Waals surface area contributed by atoms with E-state index in [4.69, 9.17) is 16.4 Å². The molecule has 25 heavy (non-hydrogen) atoms. The van der Waals surface area contributed by atoms with Crippen molar-refractivity contribution in [2.45, 2.75) is 11.6 Å². The van der Waals surface area contributed by atoms with Gasteiger partial charge in [-0.05, 0) is 6.42 Å². The lowest BCUT2D eigenvalue weighted by Crippen LogP contribution is -2.21. The van der Waals surface area contributed by atoms with Crippen LogP contribution in [-0.4, -0.2) is 37.8 Å². The summed E-state index contributed by atoms with van der Waals surface area (Å²) in [6, 6.07) is 0.960. The SMILES string of the molecule is CS(=O)(=O)c1nc(Cl)c(-c2c(F)cc(F)cc2F)c(N2CCCO2)n1. The molecule has 0 atom stereocenters. The van der Waals surface area contributed by atoms with E-state index in [1.54, 1.807) is 0 Å². The molecular weight excluding hydrogens is 383 g/mol. The highest BCUT2D eigenvalue weighted by Gasteiger charge is 2.29. The van der Waals surface area contributed by atoms with E-state index < -0.39 is 43.2 Å². The van der Waals surface area contributed by atoms with Crippen molar-refractivity contribution < 1.29 is 26.4 Å². The van der Waals surface area contributed by atoms with Gasteiger partial charge in [0.15, 0.2) is 5.82 Å². The van der Waals surface area contributed by atoms with Crippen LogP contribution in [-0.2, 0) is 14.7 Å². The molecule has 1 aliphatic heterocycles. The highest BCUT2D eigenvalue weighted by Crippen LogP contribution is 2.39. The van der Waals surface area contributed by atoms with Crippen LogP contribution in [0.4, 0.5) is 19.0 Å². The van der Waals surface area contributed by atoms with Crippen LogP contribution in [0, 0.1) is 17.5 Å². The summed E-state index contributed by atoms with van der Waals surface area (Å²) in [5, 5.41) is 0.0693. The molecule has 0 bridgehead atoms.